The summed E-state index contributed by atoms with van der Waals surface area (Å²) in [5.74, 6) is -0.702. The van der Waals surface area contributed by atoms with E-state index in [1.165, 1.54) is 12.1 Å². The maximum Gasteiger partial charge on any atom is 0.233 e. The van der Waals surface area contributed by atoms with Gasteiger partial charge in [0.15, 0.2) is 5.84 Å². The first-order valence-corrected chi connectivity index (χ1v) is 6.87. The number of oxime groups is 1. The van der Waals surface area contributed by atoms with E-state index in [4.69, 9.17) is 10.9 Å². The molecule has 5 nitrogen and oxygen atoms in total. The fraction of sp³-hybridized carbons (Fsp3) is 0.467. The van der Waals surface area contributed by atoms with Gasteiger partial charge in [-0.2, -0.15) is 0 Å². The van der Waals surface area contributed by atoms with Crippen LogP contribution in [0.15, 0.2) is 29.4 Å². The molecule has 6 heteroatoms. The van der Waals surface area contributed by atoms with Crippen LogP contribution in [-0.4, -0.2) is 23.0 Å². The number of nitrogens with one attached hydrogen (secondary N) is 1. The first kappa shape index (κ1) is 16.9. The Labute approximate surface area is 124 Å². The summed E-state index contributed by atoms with van der Waals surface area (Å²) in [4.78, 5) is 12.3. The quantitative estimate of drug-likeness (QED) is 0.325. The lowest BCUT2D eigenvalue weighted by Crippen LogP contribution is -2.50. The highest BCUT2D eigenvalue weighted by molar-refractivity contribution is 6.06. The fourth-order valence-electron chi connectivity index (χ4n) is 1.98. The van der Waals surface area contributed by atoms with Gasteiger partial charge >= 0.3 is 0 Å². The highest BCUT2D eigenvalue weighted by atomic mass is 19.1. The lowest BCUT2D eigenvalue weighted by Gasteiger charge is -2.27. The van der Waals surface area contributed by atoms with Crippen molar-refractivity contribution in [1.82, 2.24) is 5.32 Å². The van der Waals surface area contributed by atoms with Gasteiger partial charge in [-0.3, -0.25) is 4.79 Å². The van der Waals surface area contributed by atoms with E-state index in [0.29, 0.717) is 12.8 Å². The molecular formula is C15H22FN3O2. The Morgan fingerprint density at radius 3 is 2.52 bits per heavy atom. The molecule has 0 saturated heterocycles. The van der Waals surface area contributed by atoms with Crippen LogP contribution in [0.2, 0.25) is 0 Å². The molecule has 0 aliphatic heterocycles. The van der Waals surface area contributed by atoms with Crippen LogP contribution in [0.3, 0.4) is 0 Å². The molecule has 0 saturated carbocycles. The Balaban J connectivity index is 2.71. The molecule has 0 aliphatic rings. The van der Waals surface area contributed by atoms with Gasteiger partial charge in [-0.25, -0.2) is 4.39 Å². The SMILES string of the molecule is CCC(C)(C(=O)NC(C)Cc1ccc(F)cc1)/C(N)=N/O. The number of carbonyl (C=O) groups is 1. The maximum atomic E-state index is 12.8. The van der Waals surface area contributed by atoms with Crippen LogP contribution >= 0.6 is 0 Å². The van der Waals surface area contributed by atoms with Crippen LogP contribution in [0, 0.1) is 11.2 Å². The predicted octanol–water partition coefficient (Wildman–Crippen LogP) is 2.04. The zero-order valence-electron chi connectivity index (χ0n) is 12.6. The highest BCUT2D eigenvalue weighted by Crippen LogP contribution is 2.22. The zero-order chi connectivity index (χ0) is 16.0. The first-order valence-electron chi connectivity index (χ1n) is 6.87. The van der Waals surface area contributed by atoms with Crippen molar-refractivity contribution in [2.75, 3.05) is 0 Å². The normalized spacial score (nSPS) is 16.1. The van der Waals surface area contributed by atoms with E-state index in [1.54, 1.807) is 26.0 Å². The molecule has 0 aromatic heterocycles. The van der Waals surface area contributed by atoms with Gasteiger partial charge in [-0.05, 0) is 44.4 Å². The molecule has 1 aromatic rings. The molecule has 0 aliphatic carbocycles. The molecule has 116 valence electrons. The molecule has 1 aromatic carbocycles. The van der Waals surface area contributed by atoms with Crippen molar-refractivity contribution in [1.29, 1.82) is 0 Å². The fourth-order valence-corrected chi connectivity index (χ4v) is 1.98. The van der Waals surface area contributed by atoms with Crippen molar-refractivity contribution in [3.05, 3.63) is 35.6 Å². The Bertz CT molecular complexity index is 516. The lowest BCUT2D eigenvalue weighted by atomic mass is 9.85. The van der Waals surface area contributed by atoms with Gasteiger partial charge < -0.3 is 16.3 Å². The summed E-state index contributed by atoms with van der Waals surface area (Å²) in [6.45, 7) is 5.27. The zero-order valence-corrected chi connectivity index (χ0v) is 12.6. The summed E-state index contributed by atoms with van der Waals surface area (Å²) in [6, 6.07) is 5.98. The van der Waals surface area contributed by atoms with Gasteiger partial charge in [0.2, 0.25) is 5.91 Å². The number of carbonyl (C=O) groups excluding carboxylic acids is 1. The summed E-state index contributed by atoms with van der Waals surface area (Å²) in [7, 11) is 0. The van der Waals surface area contributed by atoms with Crippen molar-refractivity contribution in [2.45, 2.75) is 39.7 Å². The third-order valence-corrected chi connectivity index (χ3v) is 3.71. The van der Waals surface area contributed by atoms with Crippen molar-refractivity contribution < 1.29 is 14.4 Å². The van der Waals surface area contributed by atoms with E-state index >= 15 is 0 Å². The Morgan fingerprint density at radius 2 is 2.05 bits per heavy atom. The van der Waals surface area contributed by atoms with Crippen LogP contribution in [0.5, 0.6) is 0 Å². The number of hydrogen-bond acceptors (Lipinski definition) is 3. The molecule has 0 fully saturated rings. The van der Waals surface area contributed by atoms with Crippen LogP contribution in [0.4, 0.5) is 4.39 Å². The van der Waals surface area contributed by atoms with Gasteiger partial charge in [0.1, 0.15) is 11.2 Å². The molecule has 1 amide bonds. The molecule has 2 atom stereocenters. The standard InChI is InChI=1S/C15H22FN3O2/c1-4-15(3,13(17)19-21)14(20)18-10(2)9-11-5-7-12(16)8-6-11/h5-8,10,21H,4,9H2,1-3H3,(H2,17,19)(H,18,20). The van der Waals surface area contributed by atoms with E-state index in [2.05, 4.69) is 10.5 Å². The minimum atomic E-state index is -1.05. The summed E-state index contributed by atoms with van der Waals surface area (Å²) in [6.07, 6.45) is 0.986. The molecule has 0 radical (unpaired) electrons. The molecule has 1 rings (SSSR count). The molecular weight excluding hydrogens is 273 g/mol. The van der Waals surface area contributed by atoms with Gasteiger partial charge in [0.25, 0.3) is 0 Å². The van der Waals surface area contributed by atoms with Crippen molar-refractivity contribution in [3.63, 3.8) is 0 Å². The number of amides is 1. The molecule has 0 spiro atoms. The largest absolute Gasteiger partial charge is 0.409 e. The minimum Gasteiger partial charge on any atom is -0.409 e. The third-order valence-electron chi connectivity index (χ3n) is 3.71. The van der Waals surface area contributed by atoms with E-state index in [-0.39, 0.29) is 23.6 Å². The van der Waals surface area contributed by atoms with Crippen molar-refractivity contribution in [3.8, 4) is 0 Å². The Hall–Kier alpha value is -2.11. The second kappa shape index (κ2) is 7.06. The first-order chi connectivity index (χ1) is 9.83. The lowest BCUT2D eigenvalue weighted by molar-refractivity contribution is -0.127. The number of nitrogens with zero attached hydrogens (tertiary/aromatic N) is 1. The van der Waals surface area contributed by atoms with E-state index < -0.39 is 5.41 Å². The number of rotatable bonds is 6. The second-order valence-electron chi connectivity index (χ2n) is 5.38. The Kier molecular flexibility index (Phi) is 5.69. The van der Waals surface area contributed by atoms with Crippen LogP contribution in [-0.2, 0) is 11.2 Å². The summed E-state index contributed by atoms with van der Waals surface area (Å²) in [5, 5.41) is 14.6. The molecule has 0 bridgehead atoms. The minimum absolute atomic E-state index is 0.114. The van der Waals surface area contributed by atoms with Crippen LogP contribution in [0.1, 0.15) is 32.8 Å². The summed E-state index contributed by atoms with van der Waals surface area (Å²) >= 11 is 0. The van der Waals surface area contributed by atoms with E-state index in [0.717, 1.165) is 5.56 Å². The van der Waals surface area contributed by atoms with Gasteiger partial charge in [-0.1, -0.05) is 24.2 Å². The van der Waals surface area contributed by atoms with Crippen molar-refractivity contribution >= 4 is 11.7 Å². The van der Waals surface area contributed by atoms with Crippen molar-refractivity contribution in [2.24, 2.45) is 16.3 Å². The number of nitrogens with two attached hydrogens (primary N) is 1. The maximum absolute atomic E-state index is 12.8. The van der Waals surface area contributed by atoms with E-state index in [1.807, 2.05) is 6.92 Å². The number of amidine groups is 1. The average molecular weight is 295 g/mol. The molecule has 21 heavy (non-hydrogen) atoms. The molecule has 2 unspecified atom stereocenters. The second-order valence-corrected chi connectivity index (χ2v) is 5.38. The predicted molar refractivity (Wildman–Crippen MR) is 79.5 cm³/mol. The molecule has 4 N–H and O–H groups in total. The van der Waals surface area contributed by atoms with Crippen LogP contribution in [0.25, 0.3) is 0 Å². The van der Waals surface area contributed by atoms with Crippen LogP contribution < -0.4 is 11.1 Å². The van der Waals surface area contributed by atoms with Gasteiger partial charge in [0, 0.05) is 6.04 Å². The van der Waals surface area contributed by atoms with Gasteiger partial charge in [-0.15, -0.1) is 0 Å². The van der Waals surface area contributed by atoms with E-state index in [9.17, 15) is 9.18 Å². The monoisotopic (exact) mass is 295 g/mol. The number of benzene rings is 1. The Morgan fingerprint density at radius 1 is 1.48 bits per heavy atom. The average Bonchev–Trinajstić information content (AvgIpc) is 2.47. The van der Waals surface area contributed by atoms with Gasteiger partial charge in [0.05, 0.1) is 0 Å². The summed E-state index contributed by atoms with van der Waals surface area (Å²) < 4.78 is 12.8. The summed E-state index contributed by atoms with van der Waals surface area (Å²) in [5.41, 5.74) is 5.48. The molecule has 0 heterocycles. The third kappa shape index (κ3) is 4.18. The number of halogens is 1. The number of hydrogen-bond donors (Lipinski definition) is 3. The topological polar surface area (TPSA) is 87.7 Å². The smallest absolute Gasteiger partial charge is 0.233 e. The highest BCUT2D eigenvalue weighted by Gasteiger charge is 2.36.